The summed E-state index contributed by atoms with van der Waals surface area (Å²) in [6.07, 6.45) is 0.637. The highest BCUT2D eigenvalue weighted by molar-refractivity contribution is 7.91. The molecule has 0 saturated heterocycles. The highest BCUT2D eigenvalue weighted by Gasteiger charge is 2.27. The molecule has 15 heteroatoms. The van der Waals surface area contributed by atoms with Crippen LogP contribution in [-0.4, -0.2) is 66.3 Å². The number of sulfone groups is 1. The first-order valence-electron chi connectivity index (χ1n) is 12.7. The lowest BCUT2D eigenvalue weighted by atomic mass is 10.1. The van der Waals surface area contributed by atoms with Crippen LogP contribution in [0.25, 0.3) is 0 Å². The summed E-state index contributed by atoms with van der Waals surface area (Å²) < 4.78 is 68.4. The number of rotatable bonds is 9. The average Bonchev–Trinajstić information content (AvgIpc) is 3.43. The fourth-order valence-corrected chi connectivity index (χ4v) is 5.54. The van der Waals surface area contributed by atoms with E-state index in [-0.39, 0.29) is 43.8 Å². The van der Waals surface area contributed by atoms with Crippen LogP contribution < -0.4 is 15.2 Å². The second-order valence-electron chi connectivity index (χ2n) is 9.47. The number of ether oxygens (including phenoxy) is 2. The number of carboxylic acid groups (broad SMARTS) is 1. The first-order valence-corrected chi connectivity index (χ1v) is 14.2. The monoisotopic (exact) mass is 623 g/mol. The molecule has 1 aliphatic heterocycles. The lowest BCUT2D eigenvalue weighted by molar-refractivity contribution is 0.0696. The van der Waals surface area contributed by atoms with Gasteiger partial charge in [-0.15, -0.1) is 0 Å². The van der Waals surface area contributed by atoms with Gasteiger partial charge in [-0.05, 0) is 60.7 Å². The Morgan fingerprint density at radius 1 is 1.00 bits per heavy atom. The van der Waals surface area contributed by atoms with Crippen molar-refractivity contribution in [2.24, 2.45) is 10.7 Å². The molecular formula is C29H23F2N5O7S. The molecule has 0 radical (unpaired) electrons. The summed E-state index contributed by atoms with van der Waals surface area (Å²) in [7, 11) is -2.46. The molecule has 5 N–H and O–H groups in total. The van der Waals surface area contributed by atoms with Gasteiger partial charge in [-0.25, -0.2) is 22.6 Å². The molecule has 226 valence electrons. The number of nitrogens with zero attached hydrogens (tertiary/aromatic N) is 3. The molecule has 0 saturated carbocycles. The first kappa shape index (κ1) is 29.9. The number of nitrogens with two attached hydrogens (primary N) is 1. The molecular weight excluding hydrogens is 600 g/mol. The van der Waals surface area contributed by atoms with Gasteiger partial charge in [0.2, 0.25) is 21.4 Å². The van der Waals surface area contributed by atoms with E-state index < -0.39 is 44.8 Å². The minimum Gasteiger partial charge on any atom is -0.504 e. The molecule has 44 heavy (non-hydrogen) atoms. The molecule has 0 amide bonds. The molecule has 5 rings (SSSR count). The average molecular weight is 624 g/mol. The van der Waals surface area contributed by atoms with Crippen LogP contribution in [0.5, 0.6) is 28.9 Å². The van der Waals surface area contributed by atoms with Crippen molar-refractivity contribution in [2.45, 2.75) is 9.79 Å². The van der Waals surface area contributed by atoms with Crippen LogP contribution in [0.15, 0.2) is 81.6 Å². The number of benzene rings is 3. The molecule has 4 aromatic rings. The Kier molecular flexibility index (Phi) is 7.89. The third kappa shape index (κ3) is 5.72. The minimum atomic E-state index is -4.16. The van der Waals surface area contributed by atoms with E-state index in [2.05, 4.69) is 9.98 Å². The van der Waals surface area contributed by atoms with E-state index in [1.54, 1.807) is 11.9 Å². The van der Waals surface area contributed by atoms with E-state index in [9.17, 15) is 22.7 Å². The Morgan fingerprint density at radius 2 is 1.68 bits per heavy atom. The Morgan fingerprint density at radius 3 is 2.32 bits per heavy atom. The molecule has 0 bridgehead atoms. The summed E-state index contributed by atoms with van der Waals surface area (Å²) in [6, 6.07) is 12.0. The van der Waals surface area contributed by atoms with Gasteiger partial charge in [0.25, 0.3) is 5.88 Å². The predicted molar refractivity (Wildman–Crippen MR) is 153 cm³/mol. The molecule has 0 fully saturated rings. The molecule has 1 aliphatic rings. The van der Waals surface area contributed by atoms with Crippen molar-refractivity contribution in [3.8, 4) is 28.9 Å². The second kappa shape index (κ2) is 11.6. The third-order valence-corrected chi connectivity index (χ3v) is 8.33. The number of pyridine rings is 1. The number of carbonyl (C=O) groups is 1. The molecule has 3 aromatic carbocycles. The van der Waals surface area contributed by atoms with Crippen molar-refractivity contribution >= 4 is 27.5 Å². The Hall–Kier alpha value is -5.57. The van der Waals surface area contributed by atoms with Gasteiger partial charge in [0.05, 0.1) is 33.7 Å². The maximum absolute atomic E-state index is 15.6. The van der Waals surface area contributed by atoms with E-state index >= 15 is 4.39 Å². The minimum absolute atomic E-state index is 0.0955. The summed E-state index contributed by atoms with van der Waals surface area (Å²) in [5.41, 5.74) is 5.64. The smallest absolute Gasteiger partial charge is 0.335 e. The number of nitrogen functional groups attached to an aromatic ring is 1. The quantitative estimate of drug-likeness (QED) is 0.156. The molecule has 0 atom stereocenters. The summed E-state index contributed by atoms with van der Waals surface area (Å²) in [4.78, 5) is 20.5. The number of hydrogen-bond acceptors (Lipinski definition) is 10. The molecule has 0 aliphatic carbocycles. The molecule has 2 heterocycles. The van der Waals surface area contributed by atoms with E-state index in [1.165, 1.54) is 36.4 Å². The van der Waals surface area contributed by atoms with Crippen molar-refractivity contribution in [3.63, 3.8) is 0 Å². The largest absolute Gasteiger partial charge is 0.504 e. The topological polar surface area (TPSA) is 188 Å². The van der Waals surface area contributed by atoms with Crippen LogP contribution in [0, 0.1) is 17.0 Å². The maximum Gasteiger partial charge on any atom is 0.335 e. The number of nitrogens with one attached hydrogen (secondary N) is 1. The Labute approximate surface area is 249 Å². The van der Waals surface area contributed by atoms with Crippen molar-refractivity contribution in [1.29, 1.82) is 5.41 Å². The van der Waals surface area contributed by atoms with Crippen molar-refractivity contribution < 1.29 is 41.7 Å². The van der Waals surface area contributed by atoms with Gasteiger partial charge in [0, 0.05) is 19.2 Å². The van der Waals surface area contributed by atoms with Crippen molar-refractivity contribution in [1.82, 2.24) is 9.88 Å². The van der Waals surface area contributed by atoms with Crippen LogP contribution >= 0.6 is 0 Å². The summed E-state index contributed by atoms with van der Waals surface area (Å²) >= 11 is 0. The molecule has 12 nitrogen and oxygen atoms in total. The first-order chi connectivity index (χ1) is 20.9. The van der Waals surface area contributed by atoms with Crippen molar-refractivity contribution in [3.05, 3.63) is 95.2 Å². The van der Waals surface area contributed by atoms with E-state index in [1.807, 2.05) is 0 Å². The van der Waals surface area contributed by atoms with Gasteiger partial charge >= 0.3 is 5.97 Å². The van der Waals surface area contributed by atoms with E-state index in [4.69, 9.17) is 25.7 Å². The summed E-state index contributed by atoms with van der Waals surface area (Å²) in [6.45, 7) is 0.860. The van der Waals surface area contributed by atoms with Crippen LogP contribution in [0.3, 0.4) is 0 Å². The second-order valence-corrected chi connectivity index (χ2v) is 11.4. The normalized spacial score (nSPS) is 13.0. The van der Waals surface area contributed by atoms with Crippen LogP contribution in [0.4, 0.5) is 8.78 Å². The number of phenols is 1. The summed E-state index contributed by atoms with van der Waals surface area (Å²) in [5.74, 6) is -6.42. The zero-order valence-corrected chi connectivity index (χ0v) is 23.6. The van der Waals surface area contributed by atoms with Crippen LogP contribution in [0.1, 0.15) is 21.5 Å². The zero-order chi connectivity index (χ0) is 31.8. The summed E-state index contributed by atoms with van der Waals surface area (Å²) in [5, 5.41) is 26.8. The number of likely N-dealkylation sites (N-methyl/N-ethyl adjacent to an activating group) is 1. The number of halogens is 2. The number of phenolic OH excluding ortho intramolecular Hbond substituents is 1. The van der Waals surface area contributed by atoms with Gasteiger partial charge in [-0.1, -0.05) is 0 Å². The number of aromatic carboxylic acids is 1. The zero-order valence-electron chi connectivity index (χ0n) is 22.8. The number of amidine groups is 2. The Bertz CT molecular complexity index is 1950. The SMILES string of the molecule is CN1CCN=C1c1cc(S(=O)(=O)c2ccc(C(=O)O)cc2)ccc1Oc1c(F)cnc(Oc2cc(C(=N)N)ccc2O)c1F. The van der Waals surface area contributed by atoms with Gasteiger partial charge in [-0.3, -0.25) is 10.4 Å². The van der Waals surface area contributed by atoms with Crippen LogP contribution in [-0.2, 0) is 9.84 Å². The molecule has 1 aromatic heterocycles. The third-order valence-electron chi connectivity index (χ3n) is 6.56. The number of aliphatic imine (C=N–C) groups is 1. The Balaban J connectivity index is 1.55. The van der Waals surface area contributed by atoms with E-state index in [0.29, 0.717) is 25.1 Å². The van der Waals surface area contributed by atoms with Gasteiger partial charge in [0.15, 0.2) is 17.3 Å². The maximum atomic E-state index is 15.6. The van der Waals surface area contributed by atoms with Gasteiger partial charge in [-0.2, -0.15) is 4.39 Å². The lowest BCUT2D eigenvalue weighted by Crippen LogP contribution is -2.24. The molecule has 0 unspecified atom stereocenters. The predicted octanol–water partition coefficient (Wildman–Crippen LogP) is 4.16. The van der Waals surface area contributed by atoms with Crippen molar-refractivity contribution in [2.75, 3.05) is 20.1 Å². The van der Waals surface area contributed by atoms with E-state index in [0.717, 1.165) is 24.3 Å². The number of carboxylic acids is 1. The fourth-order valence-electron chi connectivity index (χ4n) is 4.25. The van der Waals surface area contributed by atoms with Crippen LogP contribution in [0.2, 0.25) is 0 Å². The highest BCUT2D eigenvalue weighted by atomic mass is 32.2. The van der Waals surface area contributed by atoms with Gasteiger partial charge in [0.1, 0.15) is 17.4 Å². The highest BCUT2D eigenvalue weighted by Crippen LogP contribution is 2.38. The number of aromatic hydroxyl groups is 1. The number of hydrogen-bond donors (Lipinski definition) is 4. The fraction of sp³-hybridized carbons (Fsp3) is 0.103. The number of aromatic nitrogens is 1. The standard InChI is InChI=1S/C29H23F2N5O7S/c1-36-11-10-34-27(36)19-13-18(44(40,41)17-5-2-15(3-6-17)29(38)39)7-9-22(19)42-25-20(30)14-35-28(24(25)31)43-23-12-16(26(32)33)4-8-21(23)37/h2-9,12-14,37H,10-11H2,1H3,(H3,32,33)(H,38,39). The molecule has 0 spiro atoms. The van der Waals surface area contributed by atoms with Gasteiger partial charge < -0.3 is 30.3 Å². The lowest BCUT2D eigenvalue weighted by Gasteiger charge is -2.19.